The van der Waals surface area contributed by atoms with Crippen LogP contribution in [0.2, 0.25) is 0 Å². The van der Waals surface area contributed by atoms with E-state index >= 15 is 0 Å². The summed E-state index contributed by atoms with van der Waals surface area (Å²) in [4.78, 5) is 155. The van der Waals surface area contributed by atoms with Crippen LogP contribution in [0.3, 0.4) is 0 Å². The topological polar surface area (TPSA) is 445 Å². The molecule has 1 fully saturated rings. The second-order valence-corrected chi connectivity index (χ2v) is 16.9. The summed E-state index contributed by atoms with van der Waals surface area (Å²) in [5.41, 5.74) is 22.2. The maximum absolute atomic E-state index is 13.9. The first-order valence-corrected chi connectivity index (χ1v) is 22.1. The highest BCUT2D eigenvalue weighted by Crippen LogP contribution is 2.20. The van der Waals surface area contributed by atoms with Gasteiger partial charge in [-0.3, -0.25) is 52.7 Å². The molecular formula is C41H69N11O15. The van der Waals surface area contributed by atoms with Gasteiger partial charge >= 0.3 is 17.9 Å². The van der Waals surface area contributed by atoms with Crippen molar-refractivity contribution in [2.45, 2.75) is 160 Å². The number of carbonyl (C=O) groups is 12. The van der Waals surface area contributed by atoms with Crippen molar-refractivity contribution >= 4 is 71.1 Å². The average Bonchev–Trinajstić information content (AvgIpc) is 3.74. The quantitative estimate of drug-likeness (QED) is 0.0286. The first kappa shape index (κ1) is 58.6. The van der Waals surface area contributed by atoms with Crippen molar-refractivity contribution in [3.05, 3.63) is 0 Å². The minimum atomic E-state index is -1.77. The fourth-order valence-corrected chi connectivity index (χ4v) is 6.98. The number of hydrogen-bond donors (Lipinski definition) is 13. The number of aliphatic carboxylic acids is 3. The molecule has 1 saturated heterocycles. The highest BCUT2D eigenvalue weighted by molar-refractivity contribution is 5.99. The van der Waals surface area contributed by atoms with Crippen molar-refractivity contribution in [2.75, 3.05) is 13.1 Å². The molecule has 17 N–H and O–H groups in total. The van der Waals surface area contributed by atoms with Gasteiger partial charge in [0.25, 0.3) is 0 Å². The van der Waals surface area contributed by atoms with E-state index in [0.717, 1.165) is 4.90 Å². The smallest absolute Gasteiger partial charge is 0.326 e. The van der Waals surface area contributed by atoms with Gasteiger partial charge in [-0.2, -0.15) is 0 Å². The van der Waals surface area contributed by atoms with Crippen LogP contribution in [0.25, 0.3) is 0 Å². The Bertz CT molecular complexity index is 1800. The third kappa shape index (κ3) is 21.2. The van der Waals surface area contributed by atoms with E-state index in [1.54, 1.807) is 27.7 Å². The van der Waals surface area contributed by atoms with E-state index in [2.05, 4.69) is 31.9 Å². The summed E-state index contributed by atoms with van der Waals surface area (Å²) >= 11 is 0. The molecule has 0 radical (unpaired) electrons. The molecule has 1 aliphatic rings. The first-order chi connectivity index (χ1) is 31.3. The van der Waals surface area contributed by atoms with Gasteiger partial charge in [0.15, 0.2) is 0 Å². The second-order valence-electron chi connectivity index (χ2n) is 16.9. The van der Waals surface area contributed by atoms with Crippen LogP contribution in [0.1, 0.15) is 111 Å². The molecule has 0 aromatic carbocycles. The third-order valence-electron chi connectivity index (χ3n) is 10.9. The fraction of sp³-hybridized carbons (Fsp3) is 0.707. The molecule has 67 heavy (non-hydrogen) atoms. The number of nitrogens with one attached hydrogen (secondary N) is 6. The molecule has 26 heteroatoms. The number of nitrogens with zero attached hydrogens (tertiary/aromatic N) is 1. The molecule has 0 aromatic heterocycles. The molecule has 0 saturated carbocycles. The lowest BCUT2D eigenvalue weighted by Crippen LogP contribution is -2.60. The van der Waals surface area contributed by atoms with Crippen LogP contribution >= 0.6 is 0 Å². The zero-order valence-corrected chi connectivity index (χ0v) is 38.4. The van der Waals surface area contributed by atoms with Gasteiger partial charge in [-0.15, -0.1) is 0 Å². The van der Waals surface area contributed by atoms with Crippen LogP contribution in [0, 0.1) is 11.8 Å². The number of likely N-dealkylation sites (tertiary alicyclic amines) is 1. The van der Waals surface area contributed by atoms with Crippen molar-refractivity contribution in [3.63, 3.8) is 0 Å². The van der Waals surface area contributed by atoms with Gasteiger partial charge in [-0.25, -0.2) is 4.79 Å². The Kier molecular flexibility index (Phi) is 25.6. The first-order valence-electron chi connectivity index (χ1n) is 22.1. The molecule has 0 bridgehead atoms. The van der Waals surface area contributed by atoms with Crippen LogP contribution in [0.15, 0.2) is 0 Å². The van der Waals surface area contributed by atoms with Crippen molar-refractivity contribution < 1.29 is 72.9 Å². The molecule has 378 valence electrons. The molecule has 1 heterocycles. The number of rotatable bonds is 32. The second kappa shape index (κ2) is 29.3. The van der Waals surface area contributed by atoms with Gasteiger partial charge < -0.3 is 75.1 Å². The minimum Gasteiger partial charge on any atom is -0.481 e. The molecule has 1 rings (SSSR count). The number of carboxylic acids is 3. The summed E-state index contributed by atoms with van der Waals surface area (Å²) in [6.45, 7) is 7.05. The zero-order chi connectivity index (χ0) is 51.1. The standard InChI is InChI=1S/C41H69N11O15/c1-5-21(4)33(45)39(64)50-26(18-29(43)53)37(62)47-22(11-13-31(55)56)34(59)46-23(12-14-32(57)58)35(60)49-25(17-20(2)3)36(61)51-27(19-30(44)54)40(65)52-16-8-10-28(52)38(63)48-24(41(66)67)9-6-7-15-42/h20-28,33H,5-19,42,45H2,1-4H3,(H2,43,53)(H2,44,54)(H,46,59)(H,47,62)(H,48,63)(H,49,60)(H,50,64)(H,51,61)(H,55,56)(H,57,58)(H,66,67)/t21-,22-,23-,24-,25-,26-,27-,28-,33-/m0/s1. The number of carboxylic acid groups (broad SMARTS) is 3. The summed E-state index contributed by atoms with van der Waals surface area (Å²) < 4.78 is 0. The lowest BCUT2D eigenvalue weighted by Gasteiger charge is -2.30. The number of nitrogens with two attached hydrogens (primary N) is 4. The van der Waals surface area contributed by atoms with Crippen molar-refractivity contribution in [1.29, 1.82) is 0 Å². The van der Waals surface area contributed by atoms with Gasteiger partial charge in [-0.05, 0) is 69.7 Å². The van der Waals surface area contributed by atoms with E-state index in [-0.39, 0.29) is 37.6 Å². The van der Waals surface area contributed by atoms with Crippen LogP contribution < -0.4 is 54.8 Å². The monoisotopic (exact) mass is 955 g/mol. The molecule has 0 aliphatic carbocycles. The Hall–Kier alpha value is -6.44. The number of hydrogen-bond acceptors (Lipinski definition) is 14. The molecular weight excluding hydrogens is 887 g/mol. The average molecular weight is 956 g/mol. The van der Waals surface area contributed by atoms with Crippen LogP contribution in [-0.2, 0) is 57.5 Å². The van der Waals surface area contributed by atoms with E-state index < -0.39 is 158 Å². The predicted octanol–water partition coefficient (Wildman–Crippen LogP) is -4.00. The van der Waals surface area contributed by atoms with Crippen molar-refractivity contribution in [3.8, 4) is 0 Å². The normalized spacial score (nSPS) is 16.9. The van der Waals surface area contributed by atoms with E-state index in [4.69, 9.17) is 22.9 Å². The van der Waals surface area contributed by atoms with Crippen LogP contribution in [0.5, 0.6) is 0 Å². The number of unbranched alkanes of at least 4 members (excludes halogenated alkanes) is 1. The molecule has 0 unspecified atom stereocenters. The maximum atomic E-state index is 13.9. The third-order valence-corrected chi connectivity index (χ3v) is 10.9. The predicted molar refractivity (Wildman–Crippen MR) is 235 cm³/mol. The highest BCUT2D eigenvalue weighted by atomic mass is 16.4. The number of carbonyl (C=O) groups excluding carboxylic acids is 9. The SMILES string of the molecule is CC[C@H](C)[C@H](N)C(=O)N[C@@H](CC(N)=O)C(=O)N[C@@H](CCC(=O)O)C(=O)N[C@@H](CCC(=O)O)C(=O)N[C@@H](CC(C)C)C(=O)N[C@@H](CC(N)=O)C(=O)N1CCC[C@H]1C(=O)N[C@@H](CCCCN)C(=O)O. The Morgan fingerprint density at radius 1 is 0.612 bits per heavy atom. The lowest BCUT2D eigenvalue weighted by molar-refractivity contribution is -0.145. The van der Waals surface area contributed by atoms with E-state index in [1.165, 1.54) is 0 Å². The number of primary amides is 2. The van der Waals surface area contributed by atoms with Crippen molar-refractivity contribution in [1.82, 2.24) is 36.8 Å². The molecule has 1 aliphatic heterocycles. The Morgan fingerprint density at radius 3 is 1.54 bits per heavy atom. The van der Waals surface area contributed by atoms with E-state index in [0.29, 0.717) is 32.2 Å². The fourth-order valence-electron chi connectivity index (χ4n) is 6.98. The van der Waals surface area contributed by atoms with Gasteiger partial charge in [-0.1, -0.05) is 34.1 Å². The Labute approximate surface area is 387 Å². The molecule has 9 atom stereocenters. The largest absolute Gasteiger partial charge is 0.481 e. The lowest BCUT2D eigenvalue weighted by atomic mass is 9.98. The molecule has 0 spiro atoms. The Balaban J connectivity index is 3.44. The highest BCUT2D eigenvalue weighted by Gasteiger charge is 2.41. The van der Waals surface area contributed by atoms with Gasteiger partial charge in [0.2, 0.25) is 53.2 Å². The minimum absolute atomic E-state index is 0.00910. The van der Waals surface area contributed by atoms with Gasteiger partial charge in [0.05, 0.1) is 18.9 Å². The van der Waals surface area contributed by atoms with Crippen LogP contribution in [0.4, 0.5) is 0 Å². The van der Waals surface area contributed by atoms with Crippen LogP contribution in [-0.4, -0.2) is 153 Å². The molecule has 26 nitrogen and oxygen atoms in total. The van der Waals surface area contributed by atoms with Gasteiger partial charge in [0, 0.05) is 19.4 Å². The summed E-state index contributed by atoms with van der Waals surface area (Å²) in [5, 5.41) is 42.6. The molecule has 0 aromatic rings. The van der Waals surface area contributed by atoms with Gasteiger partial charge in [0.1, 0.15) is 42.3 Å². The maximum Gasteiger partial charge on any atom is 0.326 e. The summed E-state index contributed by atoms with van der Waals surface area (Å²) in [5.74, 6) is -13.9. The zero-order valence-electron chi connectivity index (χ0n) is 38.4. The van der Waals surface area contributed by atoms with E-state index in [9.17, 15) is 72.9 Å². The van der Waals surface area contributed by atoms with Crippen molar-refractivity contribution in [2.24, 2.45) is 34.8 Å². The number of amides is 9. The summed E-state index contributed by atoms with van der Waals surface area (Å²) in [7, 11) is 0. The van der Waals surface area contributed by atoms with E-state index in [1.807, 2.05) is 0 Å². The molecule has 9 amide bonds. The summed E-state index contributed by atoms with van der Waals surface area (Å²) in [6.07, 6.45) is -2.43. The summed E-state index contributed by atoms with van der Waals surface area (Å²) in [6, 6.07) is -12.0. The Morgan fingerprint density at radius 2 is 1.07 bits per heavy atom.